The van der Waals surface area contributed by atoms with E-state index in [1.807, 2.05) is 20.8 Å². The third-order valence-corrected chi connectivity index (χ3v) is 5.37. The maximum absolute atomic E-state index is 12.7. The second kappa shape index (κ2) is 11.9. The summed E-state index contributed by atoms with van der Waals surface area (Å²) in [6.45, 7) is 8.41. The number of nitrogens with one attached hydrogen (secondary N) is 1. The Bertz CT molecular complexity index is 928. The predicted molar refractivity (Wildman–Crippen MR) is 116 cm³/mol. The molecule has 0 saturated heterocycles. The van der Waals surface area contributed by atoms with Gasteiger partial charge in [0.1, 0.15) is 11.7 Å². The average molecular weight is 454 g/mol. The Morgan fingerprint density at radius 3 is 2.35 bits per heavy atom. The summed E-state index contributed by atoms with van der Waals surface area (Å²) in [7, 11) is -3.76. The molecule has 0 aliphatic carbocycles. The van der Waals surface area contributed by atoms with Crippen LogP contribution in [0, 0.1) is 5.92 Å². The van der Waals surface area contributed by atoms with Gasteiger partial charge in [0.25, 0.3) is 0 Å². The van der Waals surface area contributed by atoms with Crippen molar-refractivity contribution in [3.63, 3.8) is 0 Å². The standard InChI is InChI=1S/C20H31N5O5S/c1-4-10-29-12-13-30-11-9-22-20(26)19(15(2)3)25-14-18(23-24-25)16-5-7-17(8-6-16)31(21,27)28/h5-8,14-15,19H,4,9-13H2,1-3H3,(H,22,26)(H2,21,27,28)/t19-/m0/s1. The number of nitrogens with two attached hydrogens (primary N) is 1. The number of sulfonamides is 1. The highest BCUT2D eigenvalue weighted by atomic mass is 32.2. The van der Waals surface area contributed by atoms with Crippen LogP contribution in [0.5, 0.6) is 0 Å². The molecule has 0 bridgehead atoms. The van der Waals surface area contributed by atoms with Crippen molar-refractivity contribution in [1.29, 1.82) is 0 Å². The van der Waals surface area contributed by atoms with Gasteiger partial charge in [-0.1, -0.05) is 38.1 Å². The number of carbonyl (C=O) groups excluding carboxylic acids is 1. The highest BCUT2D eigenvalue weighted by molar-refractivity contribution is 7.89. The Labute approximate surface area is 183 Å². The number of aromatic nitrogens is 3. The van der Waals surface area contributed by atoms with E-state index >= 15 is 0 Å². The largest absolute Gasteiger partial charge is 0.379 e. The number of rotatable bonds is 13. The summed E-state index contributed by atoms with van der Waals surface area (Å²) in [4.78, 5) is 12.7. The molecule has 1 heterocycles. The quantitative estimate of drug-likeness (QED) is 0.437. The number of ether oxygens (including phenoxy) is 2. The van der Waals surface area contributed by atoms with Crippen LogP contribution in [-0.4, -0.2) is 62.3 Å². The van der Waals surface area contributed by atoms with Gasteiger partial charge in [0.15, 0.2) is 0 Å². The summed E-state index contributed by atoms with van der Waals surface area (Å²) in [5.74, 6) is -0.204. The maximum atomic E-state index is 12.7. The Kier molecular flexibility index (Phi) is 9.56. The second-order valence-corrected chi connectivity index (χ2v) is 8.92. The molecule has 31 heavy (non-hydrogen) atoms. The first kappa shape index (κ1) is 24.9. The molecular formula is C20H31N5O5S. The van der Waals surface area contributed by atoms with Crippen LogP contribution in [-0.2, 0) is 24.3 Å². The number of primary sulfonamides is 1. The fraction of sp³-hybridized carbons (Fsp3) is 0.550. The molecular weight excluding hydrogens is 422 g/mol. The number of nitrogens with zero attached hydrogens (tertiary/aromatic N) is 3. The lowest BCUT2D eigenvalue weighted by Crippen LogP contribution is -2.37. The van der Waals surface area contributed by atoms with E-state index < -0.39 is 16.1 Å². The van der Waals surface area contributed by atoms with Gasteiger partial charge in [-0.25, -0.2) is 18.2 Å². The number of amides is 1. The summed E-state index contributed by atoms with van der Waals surface area (Å²) in [6.07, 6.45) is 2.63. The zero-order valence-electron chi connectivity index (χ0n) is 18.2. The zero-order valence-corrected chi connectivity index (χ0v) is 19.0. The van der Waals surface area contributed by atoms with Gasteiger partial charge < -0.3 is 14.8 Å². The van der Waals surface area contributed by atoms with Gasteiger partial charge in [-0.15, -0.1) is 5.10 Å². The number of hydrogen-bond donors (Lipinski definition) is 2. The third-order valence-electron chi connectivity index (χ3n) is 4.44. The van der Waals surface area contributed by atoms with Gasteiger partial charge in [-0.3, -0.25) is 4.79 Å². The molecule has 2 rings (SSSR count). The van der Waals surface area contributed by atoms with Crippen LogP contribution < -0.4 is 10.5 Å². The number of hydrogen-bond acceptors (Lipinski definition) is 7. The Morgan fingerprint density at radius 1 is 1.13 bits per heavy atom. The molecule has 1 aromatic heterocycles. The van der Waals surface area contributed by atoms with E-state index in [-0.39, 0.29) is 16.7 Å². The lowest BCUT2D eigenvalue weighted by Gasteiger charge is -2.20. The van der Waals surface area contributed by atoms with Gasteiger partial charge in [0.05, 0.1) is 30.9 Å². The molecule has 0 aliphatic heterocycles. The van der Waals surface area contributed by atoms with E-state index in [0.717, 1.165) is 6.42 Å². The van der Waals surface area contributed by atoms with Gasteiger partial charge in [0, 0.05) is 18.7 Å². The fourth-order valence-electron chi connectivity index (χ4n) is 2.91. The van der Waals surface area contributed by atoms with E-state index in [2.05, 4.69) is 15.6 Å². The van der Waals surface area contributed by atoms with E-state index in [0.29, 0.717) is 44.2 Å². The lowest BCUT2D eigenvalue weighted by molar-refractivity contribution is -0.126. The van der Waals surface area contributed by atoms with Crippen LogP contribution in [0.15, 0.2) is 35.4 Å². The lowest BCUT2D eigenvalue weighted by atomic mass is 10.0. The minimum Gasteiger partial charge on any atom is -0.379 e. The van der Waals surface area contributed by atoms with Gasteiger partial charge in [0.2, 0.25) is 15.9 Å². The number of carbonyl (C=O) groups is 1. The smallest absolute Gasteiger partial charge is 0.245 e. The van der Waals surface area contributed by atoms with Crippen molar-refractivity contribution < 1.29 is 22.7 Å². The Hall–Kier alpha value is -2.34. The van der Waals surface area contributed by atoms with Gasteiger partial charge in [-0.05, 0) is 24.5 Å². The van der Waals surface area contributed by atoms with Crippen molar-refractivity contribution in [2.75, 3.05) is 33.0 Å². The molecule has 0 radical (unpaired) electrons. The molecule has 0 unspecified atom stereocenters. The molecule has 172 valence electrons. The zero-order chi connectivity index (χ0) is 22.9. The molecule has 11 heteroatoms. The third kappa shape index (κ3) is 7.69. The highest BCUT2D eigenvalue weighted by Gasteiger charge is 2.25. The Morgan fingerprint density at radius 2 is 1.77 bits per heavy atom. The molecule has 0 saturated carbocycles. The maximum Gasteiger partial charge on any atom is 0.245 e. The fourth-order valence-corrected chi connectivity index (χ4v) is 3.42. The van der Waals surface area contributed by atoms with Crippen molar-refractivity contribution in [2.24, 2.45) is 11.1 Å². The van der Waals surface area contributed by atoms with Crippen molar-refractivity contribution >= 4 is 15.9 Å². The van der Waals surface area contributed by atoms with E-state index in [4.69, 9.17) is 14.6 Å². The first-order valence-corrected chi connectivity index (χ1v) is 11.8. The Balaban J connectivity index is 1.94. The highest BCUT2D eigenvalue weighted by Crippen LogP contribution is 2.22. The minimum absolute atomic E-state index is 0.0159. The molecule has 10 nitrogen and oxygen atoms in total. The van der Waals surface area contributed by atoms with Crippen LogP contribution in [0.1, 0.15) is 33.2 Å². The van der Waals surface area contributed by atoms with Crippen molar-refractivity contribution in [1.82, 2.24) is 20.3 Å². The van der Waals surface area contributed by atoms with Gasteiger partial charge in [-0.2, -0.15) is 0 Å². The monoisotopic (exact) mass is 453 g/mol. The van der Waals surface area contributed by atoms with Crippen LogP contribution >= 0.6 is 0 Å². The summed E-state index contributed by atoms with van der Waals surface area (Å²) in [6, 6.07) is 5.46. The summed E-state index contributed by atoms with van der Waals surface area (Å²) >= 11 is 0. The van der Waals surface area contributed by atoms with Crippen LogP contribution in [0.4, 0.5) is 0 Å². The second-order valence-electron chi connectivity index (χ2n) is 7.36. The molecule has 1 amide bonds. The predicted octanol–water partition coefficient (Wildman–Crippen LogP) is 1.35. The first-order chi connectivity index (χ1) is 14.7. The average Bonchev–Trinajstić information content (AvgIpc) is 3.18. The van der Waals surface area contributed by atoms with Crippen molar-refractivity contribution in [3.05, 3.63) is 30.5 Å². The van der Waals surface area contributed by atoms with E-state index in [9.17, 15) is 13.2 Å². The topological polar surface area (TPSA) is 138 Å². The number of benzene rings is 1. The SMILES string of the molecule is CCCOCCOCCNC(=O)[C@H](C(C)C)n1cc(-c2ccc(S(N)(=O)=O)cc2)nn1. The summed E-state index contributed by atoms with van der Waals surface area (Å²) < 4.78 is 35.1. The first-order valence-electron chi connectivity index (χ1n) is 10.2. The van der Waals surface area contributed by atoms with E-state index in [1.165, 1.54) is 16.8 Å². The minimum atomic E-state index is -3.76. The van der Waals surface area contributed by atoms with Crippen molar-refractivity contribution in [2.45, 2.75) is 38.1 Å². The van der Waals surface area contributed by atoms with Crippen LogP contribution in [0.25, 0.3) is 11.3 Å². The normalized spacial score (nSPS) is 12.8. The van der Waals surface area contributed by atoms with Crippen molar-refractivity contribution in [3.8, 4) is 11.3 Å². The van der Waals surface area contributed by atoms with E-state index in [1.54, 1.807) is 18.3 Å². The molecule has 1 atom stereocenters. The molecule has 0 spiro atoms. The summed E-state index contributed by atoms with van der Waals surface area (Å²) in [5.41, 5.74) is 1.19. The molecule has 0 aliphatic rings. The van der Waals surface area contributed by atoms with Crippen LogP contribution in [0.2, 0.25) is 0 Å². The molecule has 3 N–H and O–H groups in total. The summed E-state index contributed by atoms with van der Waals surface area (Å²) in [5, 5.41) is 16.2. The molecule has 2 aromatic rings. The molecule has 0 fully saturated rings. The molecule has 1 aromatic carbocycles. The van der Waals surface area contributed by atoms with Gasteiger partial charge >= 0.3 is 0 Å². The van der Waals surface area contributed by atoms with Crippen LogP contribution in [0.3, 0.4) is 0 Å².